The molecule has 0 atom stereocenters. The Hall–Kier alpha value is -2.81. The quantitative estimate of drug-likeness (QED) is 0.645. The molecule has 0 amide bonds. The number of ether oxygens (including phenoxy) is 2. The number of hydrogen-bond acceptors (Lipinski definition) is 3. The molecular weight excluding hydrogens is 288 g/mol. The number of benzene rings is 3. The van der Waals surface area contributed by atoms with E-state index in [4.69, 9.17) is 9.47 Å². The van der Waals surface area contributed by atoms with Gasteiger partial charge in [-0.15, -0.1) is 0 Å². The number of Topliss-reactive ketones (excluding diaryl/α,β-unsaturated/α-hetero) is 1. The van der Waals surface area contributed by atoms with Crippen LogP contribution in [0.15, 0.2) is 60.7 Å². The lowest BCUT2D eigenvalue weighted by atomic mass is 10.1. The molecule has 0 N–H and O–H groups in total. The molecule has 0 fully saturated rings. The molecule has 0 saturated carbocycles. The molecule has 0 aliphatic rings. The number of hydrogen-bond donors (Lipinski definition) is 0. The van der Waals surface area contributed by atoms with Crippen LogP contribution in [-0.4, -0.2) is 12.9 Å². The summed E-state index contributed by atoms with van der Waals surface area (Å²) in [6.07, 6.45) is 0. The van der Waals surface area contributed by atoms with Crippen molar-refractivity contribution in [3.8, 4) is 11.5 Å². The zero-order chi connectivity index (χ0) is 16.2. The Morgan fingerprint density at radius 2 is 1.74 bits per heavy atom. The third-order valence-electron chi connectivity index (χ3n) is 3.83. The molecule has 0 saturated heterocycles. The van der Waals surface area contributed by atoms with Crippen LogP contribution in [0.4, 0.5) is 0 Å². The summed E-state index contributed by atoms with van der Waals surface area (Å²) in [5.74, 6) is 1.20. The first-order valence-corrected chi connectivity index (χ1v) is 7.47. The van der Waals surface area contributed by atoms with Crippen molar-refractivity contribution in [3.63, 3.8) is 0 Å². The summed E-state index contributed by atoms with van der Waals surface area (Å²) in [5, 5.41) is 2.36. The smallest absolute Gasteiger partial charge is 0.161 e. The second kappa shape index (κ2) is 6.53. The van der Waals surface area contributed by atoms with Gasteiger partial charge in [-0.25, -0.2) is 0 Å². The third-order valence-corrected chi connectivity index (χ3v) is 3.83. The van der Waals surface area contributed by atoms with Crippen molar-refractivity contribution in [2.75, 3.05) is 7.11 Å². The lowest BCUT2D eigenvalue weighted by Crippen LogP contribution is -2.00. The topological polar surface area (TPSA) is 35.5 Å². The molecular formula is C20H18O3. The molecule has 3 nitrogen and oxygen atoms in total. The largest absolute Gasteiger partial charge is 0.493 e. The van der Waals surface area contributed by atoms with E-state index in [1.54, 1.807) is 25.3 Å². The highest BCUT2D eigenvalue weighted by Crippen LogP contribution is 2.30. The van der Waals surface area contributed by atoms with Crippen LogP contribution >= 0.6 is 0 Å². The number of fused-ring (bicyclic) bond motifs is 1. The Balaban J connectivity index is 1.86. The predicted molar refractivity (Wildman–Crippen MR) is 91.3 cm³/mol. The van der Waals surface area contributed by atoms with E-state index in [2.05, 4.69) is 24.3 Å². The first-order chi connectivity index (χ1) is 11.2. The zero-order valence-electron chi connectivity index (χ0n) is 13.2. The van der Waals surface area contributed by atoms with Gasteiger partial charge < -0.3 is 9.47 Å². The van der Waals surface area contributed by atoms with Crippen LogP contribution < -0.4 is 9.47 Å². The van der Waals surface area contributed by atoms with Crippen molar-refractivity contribution in [3.05, 3.63) is 71.8 Å². The van der Waals surface area contributed by atoms with Crippen molar-refractivity contribution in [2.24, 2.45) is 0 Å². The average molecular weight is 306 g/mol. The Kier molecular flexibility index (Phi) is 4.29. The average Bonchev–Trinajstić information content (AvgIpc) is 2.59. The van der Waals surface area contributed by atoms with Gasteiger partial charge in [0.05, 0.1) is 7.11 Å². The number of rotatable bonds is 5. The summed E-state index contributed by atoms with van der Waals surface area (Å²) in [5.41, 5.74) is 1.72. The summed E-state index contributed by atoms with van der Waals surface area (Å²) < 4.78 is 11.3. The van der Waals surface area contributed by atoms with Gasteiger partial charge in [-0.05, 0) is 41.5 Å². The summed E-state index contributed by atoms with van der Waals surface area (Å²) >= 11 is 0. The Bertz CT molecular complexity index is 847. The minimum atomic E-state index is 0.00361. The monoisotopic (exact) mass is 306 g/mol. The highest BCUT2D eigenvalue weighted by atomic mass is 16.5. The van der Waals surface area contributed by atoms with Crippen molar-refractivity contribution >= 4 is 16.6 Å². The third kappa shape index (κ3) is 3.19. The molecule has 0 unspecified atom stereocenters. The number of carbonyl (C=O) groups is 1. The van der Waals surface area contributed by atoms with Crippen LogP contribution in [0.3, 0.4) is 0 Å². The Morgan fingerprint density at radius 3 is 2.52 bits per heavy atom. The lowest BCUT2D eigenvalue weighted by molar-refractivity contribution is 0.101. The second-order valence-electron chi connectivity index (χ2n) is 5.35. The van der Waals surface area contributed by atoms with Crippen LogP contribution in [0, 0.1) is 0 Å². The number of methoxy groups -OCH3 is 1. The van der Waals surface area contributed by atoms with Gasteiger partial charge in [0.2, 0.25) is 0 Å². The molecule has 3 rings (SSSR count). The van der Waals surface area contributed by atoms with E-state index < -0.39 is 0 Å². The Morgan fingerprint density at radius 1 is 0.957 bits per heavy atom. The van der Waals surface area contributed by atoms with E-state index in [0.717, 1.165) is 5.56 Å². The van der Waals surface area contributed by atoms with E-state index in [1.807, 2.05) is 18.2 Å². The molecule has 3 aromatic rings. The summed E-state index contributed by atoms with van der Waals surface area (Å²) in [7, 11) is 1.57. The molecule has 116 valence electrons. The molecule has 0 heterocycles. The molecule has 0 spiro atoms. The van der Waals surface area contributed by atoms with Gasteiger partial charge in [-0.1, -0.05) is 42.5 Å². The van der Waals surface area contributed by atoms with Crippen LogP contribution in [0.1, 0.15) is 22.8 Å². The summed E-state index contributed by atoms with van der Waals surface area (Å²) in [6, 6.07) is 19.6. The van der Waals surface area contributed by atoms with Gasteiger partial charge >= 0.3 is 0 Å². The van der Waals surface area contributed by atoms with E-state index in [1.165, 1.54) is 17.7 Å². The standard InChI is InChI=1S/C20H18O3/c1-14(21)16-10-11-19(20(12-16)22-2)23-13-17-8-5-7-15-6-3-4-9-18(15)17/h3-12H,13H2,1-2H3. The molecule has 0 aliphatic carbocycles. The van der Waals surface area contributed by atoms with Gasteiger partial charge in [-0.2, -0.15) is 0 Å². The normalized spacial score (nSPS) is 10.5. The molecule has 3 heteroatoms. The van der Waals surface area contributed by atoms with Crippen molar-refractivity contribution < 1.29 is 14.3 Å². The molecule has 0 aromatic heterocycles. The Labute approximate surface area is 135 Å². The highest BCUT2D eigenvalue weighted by molar-refractivity contribution is 5.94. The fourth-order valence-corrected chi connectivity index (χ4v) is 2.58. The lowest BCUT2D eigenvalue weighted by Gasteiger charge is -2.13. The molecule has 0 bridgehead atoms. The summed E-state index contributed by atoms with van der Waals surface area (Å²) in [6.45, 7) is 1.97. The van der Waals surface area contributed by atoms with Crippen LogP contribution in [0.5, 0.6) is 11.5 Å². The molecule has 0 aliphatic heterocycles. The minimum Gasteiger partial charge on any atom is -0.493 e. The van der Waals surface area contributed by atoms with Gasteiger partial charge in [0, 0.05) is 5.56 Å². The van der Waals surface area contributed by atoms with E-state index in [9.17, 15) is 4.79 Å². The van der Waals surface area contributed by atoms with Gasteiger partial charge in [0.1, 0.15) is 6.61 Å². The van der Waals surface area contributed by atoms with Crippen molar-refractivity contribution in [2.45, 2.75) is 13.5 Å². The van der Waals surface area contributed by atoms with Gasteiger partial charge in [0.15, 0.2) is 17.3 Å². The van der Waals surface area contributed by atoms with Crippen LogP contribution in [-0.2, 0) is 6.61 Å². The van der Waals surface area contributed by atoms with Crippen LogP contribution in [0.25, 0.3) is 10.8 Å². The number of ketones is 1. The van der Waals surface area contributed by atoms with E-state index >= 15 is 0 Å². The van der Waals surface area contributed by atoms with Gasteiger partial charge in [0.25, 0.3) is 0 Å². The molecule has 3 aromatic carbocycles. The van der Waals surface area contributed by atoms with E-state index in [0.29, 0.717) is 23.7 Å². The first kappa shape index (κ1) is 15.1. The highest BCUT2D eigenvalue weighted by Gasteiger charge is 2.09. The predicted octanol–water partition coefficient (Wildman–Crippen LogP) is 4.63. The zero-order valence-corrected chi connectivity index (χ0v) is 13.2. The first-order valence-electron chi connectivity index (χ1n) is 7.47. The minimum absolute atomic E-state index is 0.00361. The van der Waals surface area contributed by atoms with Crippen molar-refractivity contribution in [1.29, 1.82) is 0 Å². The maximum atomic E-state index is 11.5. The fourth-order valence-electron chi connectivity index (χ4n) is 2.58. The van der Waals surface area contributed by atoms with Gasteiger partial charge in [-0.3, -0.25) is 4.79 Å². The fraction of sp³-hybridized carbons (Fsp3) is 0.150. The SMILES string of the molecule is COc1cc(C(C)=O)ccc1OCc1cccc2ccccc12. The summed E-state index contributed by atoms with van der Waals surface area (Å²) in [4.78, 5) is 11.5. The molecule has 0 radical (unpaired) electrons. The van der Waals surface area contributed by atoms with Crippen molar-refractivity contribution in [1.82, 2.24) is 0 Å². The second-order valence-corrected chi connectivity index (χ2v) is 5.35. The molecule has 23 heavy (non-hydrogen) atoms. The van der Waals surface area contributed by atoms with Crippen LogP contribution in [0.2, 0.25) is 0 Å². The number of carbonyl (C=O) groups excluding carboxylic acids is 1. The maximum Gasteiger partial charge on any atom is 0.161 e. The van der Waals surface area contributed by atoms with E-state index in [-0.39, 0.29) is 5.78 Å². The maximum absolute atomic E-state index is 11.5.